The Balaban J connectivity index is 2.26. The molecule has 0 fully saturated rings. The van der Waals surface area contributed by atoms with Crippen molar-refractivity contribution in [2.24, 2.45) is 0 Å². The van der Waals surface area contributed by atoms with Crippen LogP contribution >= 0.6 is 0 Å². The number of benzene rings is 1. The van der Waals surface area contributed by atoms with E-state index in [0.29, 0.717) is 18.5 Å². The molecule has 0 aromatic heterocycles. The molecule has 2 N–H and O–H groups in total. The Bertz CT molecular complexity index is 392. The molecule has 0 radical (unpaired) electrons. The Kier molecular flexibility index (Phi) is 5.59. The van der Waals surface area contributed by atoms with Crippen molar-refractivity contribution in [3.63, 3.8) is 0 Å². The summed E-state index contributed by atoms with van der Waals surface area (Å²) in [7, 11) is 0. The standard InChI is InChI=1S/C13H17N3O/c1-2-8-16-13(17)7-9-15-12-5-3-11(10-14)4-6-12/h3-6,15H,2,7-9H2,1H3,(H,16,17). The molecule has 0 aliphatic carbocycles. The summed E-state index contributed by atoms with van der Waals surface area (Å²) in [5, 5.41) is 14.6. The first-order valence-electron chi connectivity index (χ1n) is 5.77. The molecule has 0 heterocycles. The number of carbonyl (C=O) groups excluding carboxylic acids is 1. The van der Waals surface area contributed by atoms with E-state index in [0.717, 1.165) is 18.7 Å². The van der Waals surface area contributed by atoms with Gasteiger partial charge in [0.2, 0.25) is 5.91 Å². The Morgan fingerprint density at radius 3 is 2.59 bits per heavy atom. The maximum absolute atomic E-state index is 11.3. The molecule has 0 saturated heterocycles. The quantitative estimate of drug-likeness (QED) is 0.785. The van der Waals surface area contributed by atoms with E-state index in [1.54, 1.807) is 12.1 Å². The maximum atomic E-state index is 11.3. The molecule has 0 saturated carbocycles. The second kappa shape index (κ2) is 7.29. The molecule has 4 heteroatoms. The fraction of sp³-hybridized carbons (Fsp3) is 0.385. The van der Waals surface area contributed by atoms with E-state index in [9.17, 15) is 4.79 Å². The van der Waals surface area contributed by atoms with Gasteiger partial charge in [0.25, 0.3) is 0 Å². The Morgan fingerprint density at radius 1 is 1.29 bits per heavy atom. The van der Waals surface area contributed by atoms with E-state index in [1.165, 1.54) is 0 Å². The van der Waals surface area contributed by atoms with Gasteiger partial charge in [-0.1, -0.05) is 6.92 Å². The van der Waals surface area contributed by atoms with E-state index in [4.69, 9.17) is 5.26 Å². The van der Waals surface area contributed by atoms with Gasteiger partial charge in [0.15, 0.2) is 0 Å². The van der Waals surface area contributed by atoms with Crippen molar-refractivity contribution in [3.05, 3.63) is 29.8 Å². The second-order valence-electron chi connectivity index (χ2n) is 3.72. The lowest BCUT2D eigenvalue weighted by atomic mass is 10.2. The minimum atomic E-state index is 0.0630. The van der Waals surface area contributed by atoms with E-state index >= 15 is 0 Å². The van der Waals surface area contributed by atoms with Gasteiger partial charge in [-0.05, 0) is 30.7 Å². The number of nitriles is 1. The lowest BCUT2D eigenvalue weighted by Gasteiger charge is -2.06. The molecule has 0 aliphatic heterocycles. The molecule has 0 unspecified atom stereocenters. The zero-order valence-electron chi connectivity index (χ0n) is 9.99. The molecule has 4 nitrogen and oxygen atoms in total. The van der Waals surface area contributed by atoms with Gasteiger partial charge in [-0.2, -0.15) is 5.26 Å². The third kappa shape index (κ3) is 5.03. The van der Waals surface area contributed by atoms with E-state index in [2.05, 4.69) is 16.7 Å². The molecule has 1 rings (SSSR count). The van der Waals surface area contributed by atoms with Gasteiger partial charge in [0, 0.05) is 25.2 Å². The van der Waals surface area contributed by atoms with Crippen molar-refractivity contribution in [2.75, 3.05) is 18.4 Å². The molecular formula is C13H17N3O. The first-order valence-corrected chi connectivity index (χ1v) is 5.77. The summed E-state index contributed by atoms with van der Waals surface area (Å²) < 4.78 is 0. The highest BCUT2D eigenvalue weighted by Crippen LogP contribution is 2.08. The lowest BCUT2D eigenvalue weighted by Crippen LogP contribution is -2.25. The molecule has 1 aromatic rings. The van der Waals surface area contributed by atoms with Crippen LogP contribution < -0.4 is 10.6 Å². The van der Waals surface area contributed by atoms with Crippen molar-refractivity contribution in [2.45, 2.75) is 19.8 Å². The van der Waals surface area contributed by atoms with E-state index in [1.807, 2.05) is 19.1 Å². The van der Waals surface area contributed by atoms with Crippen LogP contribution in [0, 0.1) is 11.3 Å². The van der Waals surface area contributed by atoms with Crippen LogP contribution in [0.2, 0.25) is 0 Å². The van der Waals surface area contributed by atoms with Gasteiger partial charge in [0.05, 0.1) is 11.6 Å². The van der Waals surface area contributed by atoms with Crippen LogP contribution in [-0.4, -0.2) is 19.0 Å². The maximum Gasteiger partial charge on any atom is 0.221 e. The van der Waals surface area contributed by atoms with Crippen LogP contribution in [0.4, 0.5) is 5.69 Å². The van der Waals surface area contributed by atoms with Gasteiger partial charge < -0.3 is 10.6 Å². The minimum absolute atomic E-state index is 0.0630. The van der Waals surface area contributed by atoms with Gasteiger partial charge >= 0.3 is 0 Å². The molecule has 0 atom stereocenters. The smallest absolute Gasteiger partial charge is 0.221 e. The summed E-state index contributed by atoms with van der Waals surface area (Å²) in [5.41, 5.74) is 1.56. The van der Waals surface area contributed by atoms with Gasteiger partial charge in [-0.25, -0.2) is 0 Å². The molecular weight excluding hydrogens is 214 g/mol. The normalized spacial score (nSPS) is 9.41. The monoisotopic (exact) mass is 231 g/mol. The summed E-state index contributed by atoms with van der Waals surface area (Å²) in [6.45, 7) is 3.35. The number of carbonyl (C=O) groups is 1. The number of anilines is 1. The molecule has 90 valence electrons. The fourth-order valence-electron chi connectivity index (χ4n) is 1.34. The highest BCUT2D eigenvalue weighted by atomic mass is 16.1. The van der Waals surface area contributed by atoms with Crippen molar-refractivity contribution >= 4 is 11.6 Å². The van der Waals surface area contributed by atoms with E-state index in [-0.39, 0.29) is 5.91 Å². The van der Waals surface area contributed by atoms with Crippen LogP contribution in [0.25, 0.3) is 0 Å². The molecule has 0 spiro atoms. The van der Waals surface area contributed by atoms with Crippen molar-refractivity contribution in [3.8, 4) is 6.07 Å². The van der Waals surface area contributed by atoms with Crippen LogP contribution in [0.3, 0.4) is 0 Å². The molecule has 0 bridgehead atoms. The third-order valence-corrected chi connectivity index (χ3v) is 2.27. The fourth-order valence-corrected chi connectivity index (χ4v) is 1.34. The zero-order valence-corrected chi connectivity index (χ0v) is 9.99. The number of hydrogen-bond acceptors (Lipinski definition) is 3. The number of nitrogens with zero attached hydrogens (tertiary/aromatic N) is 1. The van der Waals surface area contributed by atoms with Gasteiger partial charge in [-0.3, -0.25) is 4.79 Å². The van der Waals surface area contributed by atoms with Crippen LogP contribution in [-0.2, 0) is 4.79 Å². The van der Waals surface area contributed by atoms with Gasteiger partial charge in [0.1, 0.15) is 0 Å². The first kappa shape index (κ1) is 13.0. The predicted octanol–water partition coefficient (Wildman–Crippen LogP) is 1.89. The van der Waals surface area contributed by atoms with Crippen LogP contribution in [0.5, 0.6) is 0 Å². The summed E-state index contributed by atoms with van der Waals surface area (Å²) in [6, 6.07) is 9.23. The van der Waals surface area contributed by atoms with Crippen LogP contribution in [0.1, 0.15) is 25.3 Å². The first-order chi connectivity index (χ1) is 8.26. The molecule has 0 aliphatic rings. The summed E-state index contributed by atoms with van der Waals surface area (Å²) in [5.74, 6) is 0.0630. The zero-order chi connectivity index (χ0) is 12.5. The summed E-state index contributed by atoms with van der Waals surface area (Å²) in [4.78, 5) is 11.3. The SMILES string of the molecule is CCCNC(=O)CCNc1ccc(C#N)cc1. The highest BCUT2D eigenvalue weighted by Gasteiger charge is 1.99. The average Bonchev–Trinajstić information content (AvgIpc) is 2.37. The number of amides is 1. The predicted molar refractivity (Wildman–Crippen MR) is 67.6 cm³/mol. The van der Waals surface area contributed by atoms with Gasteiger partial charge in [-0.15, -0.1) is 0 Å². The van der Waals surface area contributed by atoms with Crippen molar-refractivity contribution in [1.29, 1.82) is 5.26 Å². The van der Waals surface area contributed by atoms with Crippen molar-refractivity contribution in [1.82, 2.24) is 5.32 Å². The Morgan fingerprint density at radius 2 is 2.00 bits per heavy atom. The topological polar surface area (TPSA) is 64.9 Å². The molecule has 17 heavy (non-hydrogen) atoms. The third-order valence-electron chi connectivity index (χ3n) is 2.27. The van der Waals surface area contributed by atoms with E-state index < -0.39 is 0 Å². The second-order valence-corrected chi connectivity index (χ2v) is 3.72. The summed E-state index contributed by atoms with van der Waals surface area (Å²) in [6.07, 6.45) is 1.41. The average molecular weight is 231 g/mol. The molecule has 1 aromatic carbocycles. The summed E-state index contributed by atoms with van der Waals surface area (Å²) >= 11 is 0. The minimum Gasteiger partial charge on any atom is -0.385 e. The Labute approximate surface area is 102 Å². The number of hydrogen-bond donors (Lipinski definition) is 2. The lowest BCUT2D eigenvalue weighted by molar-refractivity contribution is -0.120. The highest BCUT2D eigenvalue weighted by molar-refractivity contribution is 5.76. The number of nitrogens with one attached hydrogen (secondary N) is 2. The Hall–Kier alpha value is -2.02. The largest absolute Gasteiger partial charge is 0.385 e. The van der Waals surface area contributed by atoms with Crippen LogP contribution in [0.15, 0.2) is 24.3 Å². The number of rotatable bonds is 6. The molecule has 1 amide bonds. The van der Waals surface area contributed by atoms with Crippen molar-refractivity contribution < 1.29 is 4.79 Å².